The number of hydrogen-bond acceptors (Lipinski definition) is 7. The van der Waals surface area contributed by atoms with Crippen LogP contribution in [0.5, 0.6) is 5.75 Å². The normalized spacial score (nSPS) is 20.0. The molecule has 0 spiro atoms. The van der Waals surface area contributed by atoms with Gasteiger partial charge in [0.1, 0.15) is 12.4 Å². The van der Waals surface area contributed by atoms with Gasteiger partial charge < -0.3 is 24.0 Å². The van der Waals surface area contributed by atoms with Crippen LogP contribution in [-0.2, 0) is 39.5 Å². The molecule has 3 aromatic rings. The van der Waals surface area contributed by atoms with Crippen molar-refractivity contribution in [3.63, 3.8) is 0 Å². The molecule has 0 unspecified atom stereocenters. The Kier molecular flexibility index (Phi) is 4.23. The molecule has 0 saturated heterocycles. The molecule has 0 bridgehead atoms. The summed E-state index contributed by atoms with van der Waals surface area (Å²) in [5.41, 5.74) is 3.01. The number of ether oxygens (including phenoxy) is 2. The third kappa shape index (κ3) is 2.47. The van der Waals surface area contributed by atoms with Gasteiger partial charge in [0.05, 0.1) is 41.8 Å². The highest BCUT2D eigenvalue weighted by Crippen LogP contribution is 2.46. The van der Waals surface area contributed by atoms with Crippen LogP contribution >= 0.6 is 0 Å². The Morgan fingerprint density at radius 3 is 2.76 bits per heavy atom. The highest BCUT2D eigenvalue weighted by Gasteiger charge is 2.45. The molecule has 5 heterocycles. The Labute approximate surface area is 194 Å². The largest absolute Gasteiger partial charge is 0.495 e. The molecule has 3 aliphatic heterocycles. The van der Waals surface area contributed by atoms with E-state index in [1.807, 2.05) is 6.07 Å². The number of carbonyl (C=O) groups excluding carboxylic acids is 2. The fraction of sp³-hybridized carbons (Fsp3) is 0.360. The van der Waals surface area contributed by atoms with Crippen LogP contribution in [0.3, 0.4) is 0 Å². The number of cyclic esters (lactones) is 1. The van der Waals surface area contributed by atoms with Gasteiger partial charge in [0.25, 0.3) is 5.56 Å². The van der Waals surface area contributed by atoms with Gasteiger partial charge in [-0.05, 0) is 36.6 Å². The summed E-state index contributed by atoms with van der Waals surface area (Å²) in [5.74, 6) is -0.224. The standard InChI is InChI=1S/C25H23N3O6/c1-4-25(32)16-9-18-21-14(10-28(18)23(30)15(16)11-34-24(25)31)13-7-8-27(12(2)29)22-19(33-3)6-5-17(26-21)20(13)22/h5-6,9,32H,4,7-8,10-11H2,1-3H3/t25-/m0/s1. The molecule has 6 rings (SSSR count). The SMILES string of the molecule is CC[C@@]1(O)C(=O)OCc2c1cc1n(c2=O)Cc2c-1nc1ccc(OC)c3c1c2CCN3C(C)=O. The first-order chi connectivity index (χ1) is 16.3. The Morgan fingerprint density at radius 1 is 1.26 bits per heavy atom. The molecule has 1 atom stereocenters. The van der Waals surface area contributed by atoms with E-state index in [-0.39, 0.29) is 24.5 Å². The number of esters is 1. The summed E-state index contributed by atoms with van der Waals surface area (Å²) in [6.07, 6.45) is 0.707. The van der Waals surface area contributed by atoms with E-state index in [4.69, 9.17) is 14.5 Å². The molecular formula is C25H23N3O6. The van der Waals surface area contributed by atoms with Crippen LogP contribution in [0, 0.1) is 0 Å². The van der Waals surface area contributed by atoms with Gasteiger partial charge in [0.15, 0.2) is 5.60 Å². The lowest BCUT2D eigenvalue weighted by Crippen LogP contribution is -2.44. The second-order valence-electron chi connectivity index (χ2n) is 8.95. The highest BCUT2D eigenvalue weighted by atomic mass is 16.6. The summed E-state index contributed by atoms with van der Waals surface area (Å²) in [6, 6.07) is 5.36. The Balaban J connectivity index is 1.65. The Bertz CT molecular complexity index is 1510. The van der Waals surface area contributed by atoms with E-state index in [9.17, 15) is 19.5 Å². The minimum atomic E-state index is -1.86. The summed E-state index contributed by atoms with van der Waals surface area (Å²) < 4.78 is 12.4. The van der Waals surface area contributed by atoms with Gasteiger partial charge in [-0.15, -0.1) is 0 Å². The van der Waals surface area contributed by atoms with E-state index in [0.717, 1.165) is 16.5 Å². The lowest BCUT2D eigenvalue weighted by atomic mass is 9.86. The molecule has 9 heteroatoms. The molecule has 1 amide bonds. The number of methoxy groups -OCH3 is 1. The number of aliphatic hydroxyl groups is 1. The van der Waals surface area contributed by atoms with Crippen molar-refractivity contribution in [1.29, 1.82) is 0 Å². The molecule has 0 fully saturated rings. The summed E-state index contributed by atoms with van der Waals surface area (Å²) in [7, 11) is 1.57. The minimum Gasteiger partial charge on any atom is -0.495 e. The number of anilines is 1. The average molecular weight is 461 g/mol. The molecule has 1 aromatic carbocycles. The van der Waals surface area contributed by atoms with Gasteiger partial charge in [-0.1, -0.05) is 6.92 Å². The van der Waals surface area contributed by atoms with Crippen LogP contribution in [0.4, 0.5) is 5.69 Å². The van der Waals surface area contributed by atoms with Crippen LogP contribution in [0.2, 0.25) is 0 Å². The topological polar surface area (TPSA) is 111 Å². The zero-order valence-corrected chi connectivity index (χ0v) is 19.1. The summed E-state index contributed by atoms with van der Waals surface area (Å²) in [6.45, 7) is 3.87. The van der Waals surface area contributed by atoms with Crippen molar-refractivity contribution in [3.05, 3.63) is 50.8 Å². The molecule has 0 saturated carbocycles. The molecule has 34 heavy (non-hydrogen) atoms. The van der Waals surface area contributed by atoms with E-state index in [1.165, 1.54) is 6.92 Å². The van der Waals surface area contributed by atoms with Crippen LogP contribution in [0.15, 0.2) is 23.0 Å². The summed E-state index contributed by atoms with van der Waals surface area (Å²) in [4.78, 5) is 44.8. The van der Waals surface area contributed by atoms with Crippen molar-refractivity contribution in [3.8, 4) is 17.1 Å². The monoisotopic (exact) mass is 461 g/mol. The second kappa shape index (κ2) is 6.89. The molecular weight excluding hydrogens is 438 g/mol. The molecule has 9 nitrogen and oxygen atoms in total. The molecule has 3 aliphatic rings. The number of benzene rings is 1. The zero-order chi connectivity index (χ0) is 23.9. The number of nitrogens with zero attached hydrogens (tertiary/aromatic N) is 3. The molecule has 174 valence electrons. The predicted octanol–water partition coefficient (Wildman–Crippen LogP) is 2.00. The van der Waals surface area contributed by atoms with Crippen molar-refractivity contribution < 1.29 is 24.2 Å². The molecule has 0 aliphatic carbocycles. The summed E-state index contributed by atoms with van der Waals surface area (Å²) in [5, 5.41) is 11.9. The van der Waals surface area contributed by atoms with Gasteiger partial charge in [-0.3, -0.25) is 9.59 Å². The number of rotatable bonds is 2. The van der Waals surface area contributed by atoms with E-state index >= 15 is 0 Å². The number of hydrogen-bond donors (Lipinski definition) is 1. The second-order valence-corrected chi connectivity index (χ2v) is 8.95. The van der Waals surface area contributed by atoms with Crippen LogP contribution in [0.25, 0.3) is 22.3 Å². The molecule has 0 radical (unpaired) electrons. The maximum Gasteiger partial charge on any atom is 0.343 e. The fourth-order valence-corrected chi connectivity index (χ4v) is 5.59. The highest BCUT2D eigenvalue weighted by molar-refractivity contribution is 6.08. The lowest BCUT2D eigenvalue weighted by Gasteiger charge is -2.31. The number of fused-ring (bicyclic) bond motifs is 5. The minimum absolute atomic E-state index is 0.0763. The van der Waals surface area contributed by atoms with Crippen molar-refractivity contribution in [2.45, 2.75) is 45.4 Å². The van der Waals surface area contributed by atoms with Gasteiger partial charge >= 0.3 is 5.97 Å². The number of carbonyl (C=O) groups is 2. The van der Waals surface area contributed by atoms with Crippen molar-refractivity contribution in [2.24, 2.45) is 0 Å². The average Bonchev–Trinajstić information content (AvgIpc) is 3.21. The van der Waals surface area contributed by atoms with Gasteiger partial charge in [-0.2, -0.15) is 0 Å². The maximum atomic E-state index is 13.5. The number of amides is 1. The Hall–Kier alpha value is -3.72. The summed E-state index contributed by atoms with van der Waals surface area (Å²) >= 11 is 0. The predicted molar refractivity (Wildman–Crippen MR) is 123 cm³/mol. The van der Waals surface area contributed by atoms with Crippen molar-refractivity contribution in [1.82, 2.24) is 9.55 Å². The molecule has 2 aromatic heterocycles. The van der Waals surface area contributed by atoms with Crippen LogP contribution in [0.1, 0.15) is 42.5 Å². The zero-order valence-electron chi connectivity index (χ0n) is 19.1. The first-order valence-electron chi connectivity index (χ1n) is 11.3. The lowest BCUT2D eigenvalue weighted by molar-refractivity contribution is -0.172. The van der Waals surface area contributed by atoms with Gasteiger partial charge in [0, 0.05) is 30.0 Å². The fourth-order valence-electron chi connectivity index (χ4n) is 5.59. The van der Waals surface area contributed by atoms with E-state index < -0.39 is 11.6 Å². The first-order valence-corrected chi connectivity index (χ1v) is 11.3. The smallest absolute Gasteiger partial charge is 0.343 e. The van der Waals surface area contributed by atoms with Crippen molar-refractivity contribution >= 4 is 28.5 Å². The van der Waals surface area contributed by atoms with Crippen LogP contribution < -0.4 is 15.2 Å². The van der Waals surface area contributed by atoms with Crippen LogP contribution in [-0.4, -0.2) is 40.2 Å². The maximum absolute atomic E-state index is 13.5. The Morgan fingerprint density at radius 2 is 2.06 bits per heavy atom. The van der Waals surface area contributed by atoms with Gasteiger partial charge in [0.2, 0.25) is 5.91 Å². The van der Waals surface area contributed by atoms with Gasteiger partial charge in [-0.25, -0.2) is 9.78 Å². The molecule has 1 N–H and O–H groups in total. The number of pyridine rings is 2. The third-order valence-electron chi connectivity index (χ3n) is 7.36. The number of aromatic nitrogens is 2. The van der Waals surface area contributed by atoms with Crippen molar-refractivity contribution in [2.75, 3.05) is 18.6 Å². The first kappa shape index (κ1) is 20.9. The van der Waals surface area contributed by atoms with E-state index in [0.29, 0.717) is 59.0 Å². The van der Waals surface area contributed by atoms with E-state index in [2.05, 4.69) is 0 Å². The van der Waals surface area contributed by atoms with E-state index in [1.54, 1.807) is 35.6 Å². The quantitative estimate of drug-likeness (QED) is 0.455. The third-order valence-corrected chi connectivity index (χ3v) is 7.36.